The molecule has 0 amide bonds. The van der Waals surface area contributed by atoms with Gasteiger partial charge in [0.05, 0.1) is 5.69 Å². The summed E-state index contributed by atoms with van der Waals surface area (Å²) in [6, 6.07) is 5.65. The van der Waals surface area contributed by atoms with Crippen LogP contribution in [0.25, 0.3) is 21.5 Å². The van der Waals surface area contributed by atoms with E-state index in [2.05, 4.69) is 15.0 Å². The number of hydrogen-bond acceptors (Lipinski definition) is 6. The Kier molecular flexibility index (Phi) is 4.01. The summed E-state index contributed by atoms with van der Waals surface area (Å²) in [4.78, 5) is 13.6. The lowest BCUT2D eigenvalue weighted by molar-refractivity contribution is 0.285. The second-order valence-corrected chi connectivity index (χ2v) is 5.89. The first kappa shape index (κ1) is 14.2. The van der Waals surface area contributed by atoms with Crippen molar-refractivity contribution in [3.05, 3.63) is 35.1 Å². The molecule has 0 radical (unpaired) electrons. The lowest BCUT2D eigenvalue weighted by atomic mass is 10.1. The van der Waals surface area contributed by atoms with Crippen LogP contribution in [0.4, 0.5) is 0 Å². The number of fused-ring (bicyclic) bond motifs is 1. The zero-order valence-corrected chi connectivity index (χ0v) is 12.9. The van der Waals surface area contributed by atoms with Gasteiger partial charge >= 0.3 is 0 Å². The van der Waals surface area contributed by atoms with E-state index in [-0.39, 0.29) is 11.3 Å². The molecule has 1 atom stereocenters. The zero-order valence-electron chi connectivity index (χ0n) is 11.3. The predicted molar refractivity (Wildman–Crippen MR) is 84.8 cm³/mol. The van der Waals surface area contributed by atoms with Crippen LogP contribution >= 0.6 is 22.9 Å². The van der Waals surface area contributed by atoms with Crippen molar-refractivity contribution >= 4 is 33.2 Å². The summed E-state index contributed by atoms with van der Waals surface area (Å²) in [6.45, 7) is 2.31. The fourth-order valence-electron chi connectivity index (χ4n) is 1.87. The maximum Gasteiger partial charge on any atom is 0.224 e. The Balaban J connectivity index is 1.94. The Bertz CT molecular complexity index is 757. The number of pyridine rings is 1. The van der Waals surface area contributed by atoms with Crippen LogP contribution in [0.5, 0.6) is 5.88 Å². The van der Waals surface area contributed by atoms with Crippen LogP contribution < -0.4 is 10.5 Å². The fourth-order valence-corrected chi connectivity index (χ4v) is 2.86. The molecule has 0 aliphatic rings. The van der Waals surface area contributed by atoms with Crippen molar-refractivity contribution in [1.29, 1.82) is 0 Å². The molecule has 3 aromatic rings. The van der Waals surface area contributed by atoms with Crippen LogP contribution in [0.15, 0.2) is 29.8 Å². The number of nitrogens with zero attached hydrogens (tertiary/aromatic N) is 3. The fraction of sp³-hybridized carbons (Fsp3) is 0.214. The molecule has 5 nitrogen and oxygen atoms in total. The van der Waals surface area contributed by atoms with E-state index in [0.717, 1.165) is 21.5 Å². The molecule has 108 valence electrons. The highest BCUT2D eigenvalue weighted by Crippen LogP contribution is 2.30. The largest absolute Gasteiger partial charge is 0.476 e. The van der Waals surface area contributed by atoms with Crippen molar-refractivity contribution in [3.8, 4) is 17.1 Å². The summed E-state index contributed by atoms with van der Waals surface area (Å²) in [6.07, 6.45) is 1.71. The molecule has 0 fully saturated rings. The van der Waals surface area contributed by atoms with Crippen molar-refractivity contribution in [2.45, 2.75) is 13.0 Å². The van der Waals surface area contributed by atoms with Gasteiger partial charge in [0.1, 0.15) is 11.4 Å². The molecule has 3 rings (SSSR count). The second-order valence-electron chi connectivity index (χ2n) is 4.65. The first-order chi connectivity index (χ1) is 10.1. The highest BCUT2D eigenvalue weighted by molar-refractivity contribution is 7.16. The van der Waals surface area contributed by atoms with Crippen LogP contribution in [0, 0.1) is 0 Å². The van der Waals surface area contributed by atoms with Crippen molar-refractivity contribution < 1.29 is 4.74 Å². The quantitative estimate of drug-likeness (QED) is 0.747. The van der Waals surface area contributed by atoms with Crippen LogP contribution in [0.2, 0.25) is 5.28 Å². The van der Waals surface area contributed by atoms with Gasteiger partial charge in [-0.15, -0.1) is 11.3 Å². The molecule has 0 aromatic carbocycles. The normalized spacial score (nSPS) is 12.5. The minimum absolute atomic E-state index is 0.0300. The number of halogens is 1. The van der Waals surface area contributed by atoms with Crippen LogP contribution in [0.1, 0.15) is 6.92 Å². The van der Waals surface area contributed by atoms with Gasteiger partial charge in [-0.3, -0.25) is 0 Å². The van der Waals surface area contributed by atoms with Crippen molar-refractivity contribution in [2.75, 3.05) is 6.61 Å². The highest BCUT2D eigenvalue weighted by Gasteiger charge is 2.10. The minimum Gasteiger partial charge on any atom is -0.476 e. The maximum atomic E-state index is 5.97. The minimum atomic E-state index is -0.0300. The average molecular weight is 321 g/mol. The summed E-state index contributed by atoms with van der Waals surface area (Å²) in [5.74, 6) is 0.540. The number of rotatable bonds is 4. The lowest BCUT2D eigenvalue weighted by Gasteiger charge is -2.08. The molecule has 0 saturated heterocycles. The molecule has 2 N–H and O–H groups in total. The third-order valence-corrected chi connectivity index (χ3v) is 3.78. The number of ether oxygens (including phenoxy) is 1. The van der Waals surface area contributed by atoms with E-state index in [1.807, 2.05) is 24.4 Å². The summed E-state index contributed by atoms with van der Waals surface area (Å²) >= 11 is 7.50. The molecule has 1 unspecified atom stereocenters. The SMILES string of the molecule is CC(N)COc1ccc(-c2nc(Cl)nc3sccc23)cn1. The van der Waals surface area contributed by atoms with E-state index in [1.165, 1.54) is 11.3 Å². The molecule has 3 heterocycles. The van der Waals surface area contributed by atoms with Crippen LogP contribution in [0.3, 0.4) is 0 Å². The molecular formula is C14H13ClN4OS. The van der Waals surface area contributed by atoms with E-state index >= 15 is 0 Å². The molecule has 0 spiro atoms. The van der Waals surface area contributed by atoms with Crippen molar-refractivity contribution in [3.63, 3.8) is 0 Å². The number of thiophene rings is 1. The van der Waals surface area contributed by atoms with Gasteiger partial charge < -0.3 is 10.5 Å². The summed E-state index contributed by atoms with van der Waals surface area (Å²) < 4.78 is 5.46. The standard InChI is InChI=1S/C14H13ClN4OS/c1-8(16)7-20-11-3-2-9(6-17-11)12-10-4-5-21-13(10)19-14(15)18-12/h2-6,8H,7,16H2,1H3. The van der Waals surface area contributed by atoms with E-state index in [1.54, 1.807) is 12.3 Å². The maximum absolute atomic E-state index is 5.97. The molecule has 3 aromatic heterocycles. The van der Waals surface area contributed by atoms with Crippen LogP contribution in [-0.4, -0.2) is 27.6 Å². The second kappa shape index (κ2) is 5.93. The van der Waals surface area contributed by atoms with Gasteiger partial charge in [0.15, 0.2) is 0 Å². The Morgan fingerprint density at radius 1 is 1.33 bits per heavy atom. The number of aromatic nitrogens is 3. The molecule has 0 saturated carbocycles. The van der Waals surface area contributed by atoms with Crippen molar-refractivity contribution in [2.24, 2.45) is 5.73 Å². The average Bonchev–Trinajstić information content (AvgIpc) is 2.93. The first-order valence-corrected chi connectivity index (χ1v) is 7.65. The lowest BCUT2D eigenvalue weighted by Crippen LogP contribution is -2.23. The van der Waals surface area contributed by atoms with Crippen LogP contribution in [-0.2, 0) is 0 Å². The van der Waals surface area contributed by atoms with Gasteiger partial charge in [-0.1, -0.05) is 0 Å². The molecule has 0 aliphatic heterocycles. The Morgan fingerprint density at radius 2 is 2.19 bits per heavy atom. The molecule has 21 heavy (non-hydrogen) atoms. The van der Waals surface area contributed by atoms with Gasteiger partial charge in [-0.05, 0) is 36.0 Å². The van der Waals surface area contributed by atoms with E-state index < -0.39 is 0 Å². The number of nitrogens with two attached hydrogens (primary N) is 1. The summed E-state index contributed by atoms with van der Waals surface area (Å²) in [7, 11) is 0. The monoisotopic (exact) mass is 320 g/mol. The Hall–Kier alpha value is -1.76. The van der Waals surface area contributed by atoms with Crippen molar-refractivity contribution in [1.82, 2.24) is 15.0 Å². The highest BCUT2D eigenvalue weighted by atomic mass is 35.5. The van der Waals surface area contributed by atoms with Gasteiger partial charge in [-0.25, -0.2) is 15.0 Å². The molecule has 0 bridgehead atoms. The predicted octanol–water partition coefficient (Wildman–Crippen LogP) is 3.13. The Morgan fingerprint density at radius 3 is 2.90 bits per heavy atom. The zero-order chi connectivity index (χ0) is 14.8. The number of hydrogen-bond donors (Lipinski definition) is 1. The third kappa shape index (κ3) is 3.12. The van der Waals surface area contributed by atoms with E-state index in [0.29, 0.717) is 12.5 Å². The van der Waals surface area contributed by atoms with E-state index in [9.17, 15) is 0 Å². The smallest absolute Gasteiger partial charge is 0.224 e. The van der Waals surface area contributed by atoms with Gasteiger partial charge in [0.2, 0.25) is 11.2 Å². The molecule has 7 heteroatoms. The summed E-state index contributed by atoms with van der Waals surface area (Å²) in [5.41, 5.74) is 7.29. The Labute approximate surface area is 130 Å². The van der Waals surface area contributed by atoms with Gasteiger partial charge in [-0.2, -0.15) is 0 Å². The van der Waals surface area contributed by atoms with Gasteiger partial charge in [0, 0.05) is 29.3 Å². The first-order valence-electron chi connectivity index (χ1n) is 6.39. The van der Waals surface area contributed by atoms with E-state index in [4.69, 9.17) is 22.1 Å². The third-order valence-electron chi connectivity index (χ3n) is 2.80. The molecule has 0 aliphatic carbocycles. The molecular weight excluding hydrogens is 308 g/mol. The topological polar surface area (TPSA) is 73.9 Å². The van der Waals surface area contributed by atoms with Gasteiger partial charge in [0.25, 0.3) is 0 Å². The summed E-state index contributed by atoms with van der Waals surface area (Å²) in [5, 5.41) is 3.17.